The van der Waals surface area contributed by atoms with Crippen molar-refractivity contribution in [3.8, 4) is 0 Å². The molecule has 0 aliphatic carbocycles. The maximum atomic E-state index is 5.07. The Morgan fingerprint density at radius 2 is 2.14 bits per heavy atom. The number of ether oxygens (including phenoxy) is 1. The standard InChI is InChI=1S/C14H22N6OS/c1-3-11-15-13(18-17-11)10-4-7-20(8-5-10)14-16-12(19-22-14)6-9-21-2/h10H,3-9H2,1-2H3,(H,15,17,18). The molecule has 0 saturated carbocycles. The van der Waals surface area contributed by atoms with Gasteiger partial charge in [-0.2, -0.15) is 9.47 Å². The van der Waals surface area contributed by atoms with Crippen LogP contribution in [0.2, 0.25) is 0 Å². The second-order valence-corrected chi connectivity index (χ2v) is 6.22. The highest BCUT2D eigenvalue weighted by molar-refractivity contribution is 7.09. The summed E-state index contributed by atoms with van der Waals surface area (Å²) >= 11 is 1.48. The summed E-state index contributed by atoms with van der Waals surface area (Å²) in [6, 6.07) is 0. The summed E-state index contributed by atoms with van der Waals surface area (Å²) in [5.74, 6) is 3.28. The predicted molar refractivity (Wildman–Crippen MR) is 85.4 cm³/mol. The highest BCUT2D eigenvalue weighted by Gasteiger charge is 2.25. The first-order valence-corrected chi connectivity index (χ1v) is 8.55. The molecule has 1 N–H and O–H groups in total. The van der Waals surface area contributed by atoms with Crippen molar-refractivity contribution in [2.24, 2.45) is 0 Å². The number of methoxy groups -OCH3 is 1. The van der Waals surface area contributed by atoms with Crippen LogP contribution in [0.1, 0.15) is 43.2 Å². The first-order chi connectivity index (χ1) is 10.8. The van der Waals surface area contributed by atoms with E-state index in [9.17, 15) is 0 Å². The molecule has 8 heteroatoms. The van der Waals surface area contributed by atoms with E-state index in [1.807, 2.05) is 0 Å². The predicted octanol–water partition coefficient (Wildman–Crippen LogP) is 1.79. The topological polar surface area (TPSA) is 79.8 Å². The van der Waals surface area contributed by atoms with E-state index in [-0.39, 0.29) is 0 Å². The molecule has 2 aromatic rings. The van der Waals surface area contributed by atoms with Crippen LogP contribution in [0.15, 0.2) is 0 Å². The first-order valence-electron chi connectivity index (χ1n) is 7.77. The van der Waals surface area contributed by atoms with Gasteiger partial charge in [-0.05, 0) is 12.8 Å². The molecule has 0 aromatic carbocycles. The molecule has 3 heterocycles. The number of H-pyrrole nitrogens is 1. The molecule has 0 amide bonds. The molecule has 22 heavy (non-hydrogen) atoms. The van der Waals surface area contributed by atoms with Gasteiger partial charge in [0.1, 0.15) is 11.6 Å². The molecule has 0 radical (unpaired) electrons. The highest BCUT2D eigenvalue weighted by atomic mass is 32.1. The summed E-state index contributed by atoms with van der Waals surface area (Å²) in [4.78, 5) is 11.5. The number of piperidine rings is 1. The SMILES string of the molecule is CCc1nc(C2CCN(c3nc(CCOC)ns3)CC2)n[nH]1. The molecule has 1 fully saturated rings. The van der Waals surface area contributed by atoms with Crippen LogP contribution >= 0.6 is 11.5 Å². The normalized spacial score (nSPS) is 16.4. The van der Waals surface area contributed by atoms with Gasteiger partial charge in [0.15, 0.2) is 5.82 Å². The van der Waals surface area contributed by atoms with Crippen molar-refractivity contribution in [3.63, 3.8) is 0 Å². The molecule has 2 aromatic heterocycles. The van der Waals surface area contributed by atoms with Crippen LogP contribution < -0.4 is 4.90 Å². The molecule has 1 aliphatic rings. The molecule has 1 saturated heterocycles. The lowest BCUT2D eigenvalue weighted by Crippen LogP contribution is -2.33. The van der Waals surface area contributed by atoms with Crippen LogP contribution in [-0.4, -0.2) is 51.3 Å². The quantitative estimate of drug-likeness (QED) is 0.873. The van der Waals surface area contributed by atoms with E-state index in [2.05, 4.69) is 36.4 Å². The maximum Gasteiger partial charge on any atom is 0.205 e. The van der Waals surface area contributed by atoms with Gasteiger partial charge in [-0.15, -0.1) is 0 Å². The van der Waals surface area contributed by atoms with Crippen LogP contribution in [-0.2, 0) is 17.6 Å². The Kier molecular flexibility index (Phi) is 4.99. The highest BCUT2D eigenvalue weighted by Crippen LogP contribution is 2.29. The van der Waals surface area contributed by atoms with Gasteiger partial charge in [0.05, 0.1) is 6.61 Å². The number of aromatic nitrogens is 5. The number of hydrogen-bond donors (Lipinski definition) is 1. The van der Waals surface area contributed by atoms with Crippen LogP contribution in [0.5, 0.6) is 0 Å². The van der Waals surface area contributed by atoms with Gasteiger partial charge in [0.2, 0.25) is 5.13 Å². The van der Waals surface area contributed by atoms with E-state index in [1.54, 1.807) is 7.11 Å². The zero-order valence-corrected chi connectivity index (χ0v) is 13.9. The zero-order chi connectivity index (χ0) is 15.4. The molecular formula is C14H22N6OS. The van der Waals surface area contributed by atoms with Crippen molar-refractivity contribution in [3.05, 3.63) is 17.5 Å². The van der Waals surface area contributed by atoms with Crippen LogP contribution in [0.4, 0.5) is 5.13 Å². The van der Waals surface area contributed by atoms with Gasteiger partial charge >= 0.3 is 0 Å². The first kappa shape index (κ1) is 15.4. The molecule has 0 spiro atoms. The fraction of sp³-hybridized carbons (Fsp3) is 0.714. The third-order valence-electron chi connectivity index (χ3n) is 4.00. The Morgan fingerprint density at radius 3 is 2.82 bits per heavy atom. The minimum atomic E-state index is 0.452. The van der Waals surface area contributed by atoms with Crippen molar-refractivity contribution < 1.29 is 4.74 Å². The Labute approximate surface area is 134 Å². The minimum Gasteiger partial charge on any atom is -0.384 e. The average Bonchev–Trinajstić information content (AvgIpc) is 3.22. The van der Waals surface area contributed by atoms with Crippen LogP contribution in [0.3, 0.4) is 0 Å². The van der Waals surface area contributed by atoms with E-state index >= 15 is 0 Å². The lowest BCUT2D eigenvalue weighted by Gasteiger charge is -2.30. The molecule has 3 rings (SSSR count). The van der Waals surface area contributed by atoms with Crippen LogP contribution in [0.25, 0.3) is 0 Å². The number of anilines is 1. The van der Waals surface area contributed by atoms with Crippen molar-refractivity contribution in [1.29, 1.82) is 0 Å². The Balaban J connectivity index is 1.55. The van der Waals surface area contributed by atoms with E-state index in [0.29, 0.717) is 12.5 Å². The van der Waals surface area contributed by atoms with Crippen molar-refractivity contribution >= 4 is 16.7 Å². The second kappa shape index (κ2) is 7.15. The van der Waals surface area contributed by atoms with Crippen LogP contribution in [0, 0.1) is 0 Å². The van der Waals surface area contributed by atoms with Gasteiger partial charge < -0.3 is 9.64 Å². The number of aromatic amines is 1. The largest absolute Gasteiger partial charge is 0.384 e. The number of hydrogen-bond acceptors (Lipinski definition) is 7. The number of aryl methyl sites for hydroxylation is 1. The summed E-state index contributed by atoms with van der Waals surface area (Å²) in [7, 11) is 1.70. The summed E-state index contributed by atoms with van der Waals surface area (Å²) in [5.41, 5.74) is 0. The number of rotatable bonds is 6. The fourth-order valence-electron chi connectivity index (χ4n) is 2.65. The van der Waals surface area contributed by atoms with Gasteiger partial charge in [-0.1, -0.05) is 6.92 Å². The second-order valence-electron chi connectivity index (χ2n) is 5.49. The van der Waals surface area contributed by atoms with Gasteiger partial charge in [0.25, 0.3) is 0 Å². The van der Waals surface area contributed by atoms with E-state index in [1.165, 1.54) is 11.5 Å². The monoisotopic (exact) mass is 322 g/mol. The zero-order valence-electron chi connectivity index (χ0n) is 13.1. The molecule has 0 bridgehead atoms. The lowest BCUT2D eigenvalue weighted by molar-refractivity contribution is 0.201. The van der Waals surface area contributed by atoms with Gasteiger partial charge in [0, 0.05) is 50.5 Å². The molecular weight excluding hydrogens is 300 g/mol. The number of nitrogens with zero attached hydrogens (tertiary/aromatic N) is 5. The Morgan fingerprint density at radius 1 is 1.32 bits per heavy atom. The third-order valence-corrected chi connectivity index (χ3v) is 4.82. The summed E-state index contributed by atoms with van der Waals surface area (Å²) < 4.78 is 9.47. The van der Waals surface area contributed by atoms with E-state index < -0.39 is 0 Å². The summed E-state index contributed by atoms with van der Waals surface area (Å²) in [6.45, 7) is 4.73. The Bertz CT molecular complexity index is 590. The lowest BCUT2D eigenvalue weighted by atomic mass is 9.96. The maximum absolute atomic E-state index is 5.07. The van der Waals surface area contributed by atoms with Crippen molar-refractivity contribution in [2.45, 2.75) is 38.5 Å². The fourth-order valence-corrected chi connectivity index (χ4v) is 3.41. The molecule has 1 aliphatic heterocycles. The molecule has 0 atom stereocenters. The third kappa shape index (κ3) is 3.44. The van der Waals surface area contributed by atoms with Gasteiger partial charge in [-0.25, -0.2) is 9.97 Å². The molecule has 0 unspecified atom stereocenters. The van der Waals surface area contributed by atoms with E-state index in [0.717, 1.165) is 61.4 Å². The molecule has 7 nitrogen and oxygen atoms in total. The van der Waals surface area contributed by atoms with Crippen molar-refractivity contribution in [2.75, 3.05) is 31.7 Å². The van der Waals surface area contributed by atoms with Gasteiger partial charge in [-0.3, -0.25) is 5.10 Å². The average molecular weight is 322 g/mol. The van der Waals surface area contributed by atoms with Crippen molar-refractivity contribution in [1.82, 2.24) is 24.5 Å². The minimum absolute atomic E-state index is 0.452. The van der Waals surface area contributed by atoms with E-state index in [4.69, 9.17) is 4.74 Å². The smallest absolute Gasteiger partial charge is 0.205 e. The molecule has 120 valence electrons. The summed E-state index contributed by atoms with van der Waals surface area (Å²) in [6.07, 6.45) is 3.81. The Hall–Kier alpha value is -1.54. The number of nitrogens with one attached hydrogen (secondary N) is 1. The summed E-state index contributed by atoms with van der Waals surface area (Å²) in [5, 5.41) is 8.39.